The first-order valence-corrected chi connectivity index (χ1v) is 3.65. The fraction of sp³-hybridized carbons (Fsp3) is 0. The largest absolute Gasteiger partial charge is 0.504 e. The molecule has 0 atom stereocenters. The maximum Gasteiger partial charge on any atom is 0.158 e. The van der Waals surface area contributed by atoms with Gasteiger partial charge in [0, 0.05) is 10.5 Å². The van der Waals surface area contributed by atoms with Crippen LogP contribution >= 0.6 is 27.5 Å². The van der Waals surface area contributed by atoms with Crippen molar-refractivity contribution in [2.75, 3.05) is 0 Å². The molecule has 0 amide bonds. The summed E-state index contributed by atoms with van der Waals surface area (Å²) in [6.45, 7) is 0. The van der Waals surface area contributed by atoms with Crippen LogP contribution in [0.3, 0.4) is 0 Å². The van der Waals surface area contributed by atoms with Gasteiger partial charge in [-0.1, -0.05) is 11.6 Å². The fourth-order valence-electron chi connectivity index (χ4n) is 0.526. The average molecular weight is 223 g/mol. The maximum absolute atomic E-state index is 8.89. The number of phenols is 2. The van der Waals surface area contributed by atoms with Gasteiger partial charge in [0.15, 0.2) is 11.5 Å². The second-order valence-electron chi connectivity index (χ2n) is 1.76. The molecule has 54 valence electrons. The first kappa shape index (κ1) is 7.69. The molecule has 0 unspecified atom stereocenters. The lowest BCUT2D eigenvalue weighted by atomic mass is 10.3. The number of hydrogen-bond acceptors (Lipinski definition) is 2. The Morgan fingerprint density at radius 1 is 1.20 bits per heavy atom. The van der Waals surface area contributed by atoms with E-state index in [1.54, 1.807) is 0 Å². The monoisotopic (exact) mass is 222 g/mol. The van der Waals surface area contributed by atoms with Crippen molar-refractivity contribution in [2.24, 2.45) is 0 Å². The van der Waals surface area contributed by atoms with Gasteiger partial charge in [-0.25, -0.2) is 0 Å². The Hall–Kier alpha value is -0.410. The minimum absolute atomic E-state index is 0.184. The second kappa shape index (κ2) is 2.68. The maximum atomic E-state index is 8.89. The van der Waals surface area contributed by atoms with Crippen LogP contribution in [0.2, 0.25) is 5.02 Å². The van der Waals surface area contributed by atoms with E-state index in [1.807, 2.05) is 0 Å². The summed E-state index contributed by atoms with van der Waals surface area (Å²) >= 11 is 8.65. The van der Waals surface area contributed by atoms with Gasteiger partial charge in [-0.15, -0.1) is 0 Å². The van der Waals surface area contributed by atoms with Crippen LogP contribution in [-0.4, -0.2) is 10.2 Å². The van der Waals surface area contributed by atoms with E-state index in [0.29, 0.717) is 9.50 Å². The van der Waals surface area contributed by atoms with Gasteiger partial charge in [0.25, 0.3) is 0 Å². The van der Waals surface area contributed by atoms with Crippen LogP contribution in [0, 0.1) is 0 Å². The Morgan fingerprint density at radius 2 is 1.70 bits per heavy atom. The molecule has 0 aliphatic heterocycles. The molecule has 0 saturated heterocycles. The van der Waals surface area contributed by atoms with Crippen LogP contribution in [0.5, 0.6) is 11.5 Å². The average Bonchev–Trinajstić information content (AvgIpc) is 1.84. The van der Waals surface area contributed by atoms with Crippen LogP contribution < -0.4 is 0 Å². The zero-order chi connectivity index (χ0) is 7.72. The van der Waals surface area contributed by atoms with E-state index in [1.165, 1.54) is 12.1 Å². The van der Waals surface area contributed by atoms with E-state index in [4.69, 9.17) is 21.8 Å². The van der Waals surface area contributed by atoms with E-state index in [0.717, 1.165) is 0 Å². The van der Waals surface area contributed by atoms with Gasteiger partial charge >= 0.3 is 0 Å². The lowest BCUT2D eigenvalue weighted by Crippen LogP contribution is -1.70. The molecule has 2 nitrogen and oxygen atoms in total. The van der Waals surface area contributed by atoms with Gasteiger partial charge in [-0.3, -0.25) is 0 Å². The van der Waals surface area contributed by atoms with Gasteiger partial charge in [0.1, 0.15) is 0 Å². The molecule has 0 saturated carbocycles. The molecule has 10 heavy (non-hydrogen) atoms. The Labute approximate surface area is 71.2 Å². The number of rotatable bonds is 0. The highest BCUT2D eigenvalue weighted by Crippen LogP contribution is 2.33. The van der Waals surface area contributed by atoms with Crippen molar-refractivity contribution in [2.45, 2.75) is 0 Å². The number of phenolic OH excluding ortho intramolecular Hbond substituents is 2. The van der Waals surface area contributed by atoms with Crippen LogP contribution in [0.25, 0.3) is 0 Å². The smallest absolute Gasteiger partial charge is 0.158 e. The van der Waals surface area contributed by atoms with Crippen molar-refractivity contribution in [3.05, 3.63) is 21.6 Å². The zero-order valence-corrected chi connectivity index (χ0v) is 7.15. The van der Waals surface area contributed by atoms with Crippen molar-refractivity contribution in [1.82, 2.24) is 0 Å². The summed E-state index contributed by atoms with van der Waals surface area (Å²) in [5.74, 6) is -0.399. The standard InChI is InChI=1S/C6H4BrClO2/c7-3-1-5(9)6(10)2-4(3)8/h1-2,9-10H. The van der Waals surface area contributed by atoms with Crippen molar-refractivity contribution >= 4 is 27.5 Å². The highest BCUT2D eigenvalue weighted by atomic mass is 79.9. The minimum atomic E-state index is -0.215. The Balaban J connectivity index is 3.28. The van der Waals surface area contributed by atoms with Crippen LogP contribution in [0.1, 0.15) is 0 Å². The normalized spacial score (nSPS) is 9.80. The van der Waals surface area contributed by atoms with E-state index in [-0.39, 0.29) is 11.5 Å². The van der Waals surface area contributed by atoms with Crippen LogP contribution in [0.15, 0.2) is 16.6 Å². The number of aromatic hydroxyl groups is 2. The summed E-state index contributed by atoms with van der Waals surface area (Å²) in [7, 11) is 0. The quantitative estimate of drug-likeness (QED) is 0.664. The van der Waals surface area contributed by atoms with Gasteiger partial charge in [0.2, 0.25) is 0 Å². The third-order valence-corrected chi connectivity index (χ3v) is 2.21. The van der Waals surface area contributed by atoms with Crippen molar-refractivity contribution in [3.63, 3.8) is 0 Å². The number of hydrogen-bond donors (Lipinski definition) is 2. The fourth-order valence-corrected chi connectivity index (χ4v) is 1.02. The van der Waals surface area contributed by atoms with Gasteiger partial charge in [-0.2, -0.15) is 0 Å². The van der Waals surface area contributed by atoms with Crippen molar-refractivity contribution < 1.29 is 10.2 Å². The summed E-state index contributed by atoms with van der Waals surface area (Å²) in [5.41, 5.74) is 0. The molecule has 0 bridgehead atoms. The summed E-state index contributed by atoms with van der Waals surface area (Å²) in [6, 6.07) is 2.60. The summed E-state index contributed by atoms with van der Waals surface area (Å²) < 4.78 is 0.560. The Morgan fingerprint density at radius 3 is 2.20 bits per heavy atom. The summed E-state index contributed by atoms with van der Waals surface area (Å²) in [4.78, 5) is 0. The molecule has 0 fully saturated rings. The molecule has 4 heteroatoms. The third kappa shape index (κ3) is 1.36. The molecule has 1 aromatic rings. The van der Waals surface area contributed by atoms with Crippen molar-refractivity contribution in [3.8, 4) is 11.5 Å². The predicted molar refractivity (Wildman–Crippen MR) is 42.5 cm³/mol. The Kier molecular flexibility index (Phi) is 2.06. The summed E-state index contributed by atoms with van der Waals surface area (Å²) in [5, 5.41) is 18.1. The van der Waals surface area contributed by atoms with Gasteiger partial charge in [0.05, 0.1) is 5.02 Å². The summed E-state index contributed by atoms with van der Waals surface area (Å²) in [6.07, 6.45) is 0. The molecule has 0 aromatic heterocycles. The van der Waals surface area contributed by atoms with E-state index in [2.05, 4.69) is 15.9 Å². The topological polar surface area (TPSA) is 40.5 Å². The van der Waals surface area contributed by atoms with Crippen LogP contribution in [-0.2, 0) is 0 Å². The number of halogens is 2. The first-order chi connectivity index (χ1) is 4.61. The molecule has 0 aliphatic rings. The Bertz CT molecular complexity index is 212. The van der Waals surface area contributed by atoms with E-state index < -0.39 is 0 Å². The minimum Gasteiger partial charge on any atom is -0.504 e. The molecule has 0 spiro atoms. The lowest BCUT2D eigenvalue weighted by molar-refractivity contribution is 0.403. The van der Waals surface area contributed by atoms with E-state index in [9.17, 15) is 0 Å². The van der Waals surface area contributed by atoms with Gasteiger partial charge < -0.3 is 10.2 Å². The van der Waals surface area contributed by atoms with Crippen LogP contribution in [0.4, 0.5) is 0 Å². The zero-order valence-electron chi connectivity index (χ0n) is 4.81. The molecular weight excluding hydrogens is 219 g/mol. The highest BCUT2D eigenvalue weighted by molar-refractivity contribution is 9.10. The number of benzene rings is 1. The molecule has 0 radical (unpaired) electrons. The molecule has 0 aliphatic carbocycles. The first-order valence-electron chi connectivity index (χ1n) is 2.48. The molecule has 2 N–H and O–H groups in total. The van der Waals surface area contributed by atoms with Crippen molar-refractivity contribution in [1.29, 1.82) is 0 Å². The lowest BCUT2D eigenvalue weighted by Gasteiger charge is -1.98. The predicted octanol–water partition coefficient (Wildman–Crippen LogP) is 2.51. The highest BCUT2D eigenvalue weighted by Gasteiger charge is 2.02. The third-order valence-electron chi connectivity index (χ3n) is 1.02. The second-order valence-corrected chi connectivity index (χ2v) is 3.02. The molecule has 0 heterocycles. The molecular formula is C6H4BrClO2. The molecule has 1 rings (SSSR count). The van der Waals surface area contributed by atoms with Gasteiger partial charge in [-0.05, 0) is 22.0 Å². The molecule has 1 aromatic carbocycles. The SMILES string of the molecule is Oc1cc(Cl)c(Br)cc1O. The van der Waals surface area contributed by atoms with E-state index >= 15 is 0 Å².